The van der Waals surface area contributed by atoms with Gasteiger partial charge in [0, 0.05) is 6.04 Å². The van der Waals surface area contributed by atoms with Crippen molar-refractivity contribution in [2.45, 2.75) is 40.2 Å². The van der Waals surface area contributed by atoms with Crippen LogP contribution in [-0.2, 0) is 28.4 Å². The molecule has 6 nitrogen and oxygen atoms in total. The molecule has 0 fully saturated rings. The van der Waals surface area contributed by atoms with Crippen molar-refractivity contribution in [3.05, 3.63) is 0 Å². The molecule has 0 rings (SSSR count). The lowest BCUT2D eigenvalue weighted by Crippen LogP contribution is -3.63. The lowest BCUT2D eigenvalue weighted by molar-refractivity contribution is -0.651. The second-order valence-electron chi connectivity index (χ2n) is 3.40. The molecule has 0 radical (unpaired) electrons. The number of halogens is 1. The second-order valence-corrected chi connectivity index (χ2v) is 9.45. The smallest absolute Gasteiger partial charge is 0.243 e. The van der Waals surface area contributed by atoms with Gasteiger partial charge in [-0.2, -0.15) is 0 Å². The molecule has 0 saturated carbocycles. The molecule has 8 heteroatoms. The second kappa shape index (κ2) is 13.7. The lowest BCUT2D eigenvalue weighted by Gasteiger charge is -2.24. The van der Waals surface area contributed by atoms with Gasteiger partial charge in [0.1, 0.15) is 8.86 Å². The zero-order chi connectivity index (χ0) is 14.4. The van der Waals surface area contributed by atoms with Crippen LogP contribution in [0.25, 0.3) is 0 Å². The van der Waals surface area contributed by atoms with E-state index >= 15 is 0 Å². The molecule has 0 atom stereocenters. The van der Waals surface area contributed by atoms with Gasteiger partial charge in [0.05, 0.1) is 19.8 Å². The van der Waals surface area contributed by atoms with Crippen molar-refractivity contribution in [1.82, 2.24) is 0 Å². The molecule has 0 unspecified atom stereocenters. The molecule has 19 heavy (non-hydrogen) atoms. The summed E-state index contributed by atoms with van der Waals surface area (Å²) in [5, 5.41) is 0. The Morgan fingerprint density at radius 2 is 1.26 bits per heavy atom. The Bertz CT molecular complexity index is 176. The van der Waals surface area contributed by atoms with Gasteiger partial charge in [-0.15, -0.1) is 0 Å². The van der Waals surface area contributed by atoms with Crippen LogP contribution in [0.1, 0.15) is 34.1 Å². The topological polar surface area (TPSA) is 55.4 Å². The van der Waals surface area contributed by atoms with Crippen molar-refractivity contribution in [3.8, 4) is 0 Å². The Morgan fingerprint density at radius 1 is 0.789 bits per heavy atom. The van der Waals surface area contributed by atoms with E-state index < -0.39 is 8.80 Å². The summed E-state index contributed by atoms with van der Waals surface area (Å²) in [6.45, 7) is 8.97. The molecule has 0 aromatic rings. The summed E-state index contributed by atoms with van der Waals surface area (Å²) in [5.74, 6) is 0. The summed E-state index contributed by atoms with van der Waals surface area (Å²) in [6.07, 6.45) is 0.973. The quantitative estimate of drug-likeness (QED) is 0.0948. The molecule has 0 N–H and O–H groups in total. The minimum atomic E-state index is -3.06. The minimum Gasteiger partial charge on any atom is -0.243 e. The van der Waals surface area contributed by atoms with Crippen LogP contribution >= 0.6 is 0 Å². The molecule has 0 aromatic carbocycles. The van der Waals surface area contributed by atoms with Gasteiger partial charge < -0.3 is 0 Å². The Labute approximate surface area is 127 Å². The van der Waals surface area contributed by atoms with Crippen LogP contribution in [0.3, 0.4) is 0 Å². The highest BCUT2D eigenvalue weighted by Crippen LogP contribution is 2.19. The number of hydrogen-bond donors (Lipinski definition) is 0. The predicted octanol–water partition coefficient (Wildman–Crippen LogP) is -0.671. The fourth-order valence-corrected chi connectivity index (χ4v) is 5.36. The van der Waals surface area contributed by atoms with Gasteiger partial charge in [0.2, 0.25) is 0 Å². The minimum absolute atomic E-state index is 0.266. The van der Waals surface area contributed by atoms with Gasteiger partial charge in [0.25, 0.3) is 21.2 Å². The highest BCUT2D eigenvalue weighted by Gasteiger charge is 2.47. The monoisotopic (exact) mass is 409 g/mol. The summed E-state index contributed by atoms with van der Waals surface area (Å²) >= 11 is 0.266. The van der Waals surface area contributed by atoms with Gasteiger partial charge in [-0.3, -0.25) is 0 Å². The summed E-state index contributed by atoms with van der Waals surface area (Å²) < 4.78 is 18.4. The van der Waals surface area contributed by atoms with Crippen molar-refractivity contribution >= 4 is 8.80 Å². The maximum Gasteiger partial charge on any atom is 0.584 e. The third-order valence-corrected chi connectivity index (χ3v) is 6.54. The molecule has 0 saturated heterocycles. The fourth-order valence-electron chi connectivity index (χ4n) is 1.12. The number of alkyl halides is 2. The van der Waals surface area contributed by atoms with Crippen LogP contribution in [0.5, 0.6) is 0 Å². The van der Waals surface area contributed by atoms with E-state index in [1.807, 2.05) is 20.8 Å². The van der Waals surface area contributed by atoms with Gasteiger partial charge in [0.15, 0.2) is 0 Å². The molecule has 0 aromatic heterocycles. The number of hydrogen-bond acceptors (Lipinski definition) is 6. The molecule has 0 aliphatic heterocycles. The molecular weight excluding hydrogens is 383 g/mol. The molecule has 0 bridgehead atoms. The van der Waals surface area contributed by atoms with Crippen molar-refractivity contribution in [1.29, 1.82) is 0 Å². The Morgan fingerprint density at radius 3 is 1.63 bits per heavy atom. The third-order valence-electron chi connectivity index (χ3n) is 1.85. The van der Waals surface area contributed by atoms with Gasteiger partial charge in [-0.05, 0) is 34.1 Å². The van der Waals surface area contributed by atoms with E-state index in [1.54, 1.807) is 0 Å². The molecule has 0 aliphatic carbocycles. The van der Waals surface area contributed by atoms with E-state index in [0.29, 0.717) is 25.9 Å². The average molecular weight is 409 g/mol. The fraction of sp³-hybridized carbons (Fsp3) is 1.00. The lowest BCUT2D eigenvalue weighted by atomic mass is 10.6. The average Bonchev–Trinajstić information content (AvgIpc) is 2.44. The summed E-state index contributed by atoms with van der Waals surface area (Å²) in [5.41, 5.74) is 0. The van der Waals surface area contributed by atoms with Crippen molar-refractivity contribution in [2.75, 3.05) is 28.7 Å². The molecule has 0 amide bonds. The zero-order valence-electron chi connectivity index (χ0n) is 12.3. The number of rotatable bonds is 14. The van der Waals surface area contributed by atoms with E-state index in [-0.39, 0.29) is 21.2 Å². The van der Waals surface area contributed by atoms with Crippen molar-refractivity contribution in [3.63, 3.8) is 0 Å². The molecule has 116 valence electrons. The predicted molar refractivity (Wildman–Crippen MR) is 68.7 cm³/mol. The normalized spacial score (nSPS) is 12.0. The van der Waals surface area contributed by atoms with Crippen LogP contribution in [0.2, 0.25) is 6.04 Å². The van der Waals surface area contributed by atoms with Crippen LogP contribution in [0.15, 0.2) is 0 Å². The standard InChI is InChI=1S/C11H26IO6Si/c1-5-12-10-9-11-19(16-13-6-2,17-14-7-3)18-15-8-4/h5-11H2,1-4H3/q+1. The Balaban J connectivity index is 4.38. The van der Waals surface area contributed by atoms with Crippen LogP contribution in [0.4, 0.5) is 0 Å². The van der Waals surface area contributed by atoms with Crippen molar-refractivity contribution in [2.24, 2.45) is 0 Å². The van der Waals surface area contributed by atoms with Gasteiger partial charge in [-0.25, -0.2) is 28.4 Å². The summed E-state index contributed by atoms with van der Waals surface area (Å²) in [7, 11) is -3.06. The molecule has 0 spiro atoms. The highest BCUT2D eigenvalue weighted by atomic mass is 127. The first kappa shape index (κ1) is 19.7. The van der Waals surface area contributed by atoms with Gasteiger partial charge in [-0.1, -0.05) is 0 Å². The van der Waals surface area contributed by atoms with Crippen LogP contribution in [0, 0.1) is 0 Å². The largest absolute Gasteiger partial charge is 0.584 e. The maximum atomic E-state index is 5.32. The Kier molecular flexibility index (Phi) is 14.2. The van der Waals surface area contributed by atoms with Gasteiger partial charge >= 0.3 is 8.80 Å². The zero-order valence-corrected chi connectivity index (χ0v) is 15.4. The van der Waals surface area contributed by atoms with E-state index in [0.717, 1.165) is 6.42 Å². The van der Waals surface area contributed by atoms with Crippen LogP contribution in [-0.4, -0.2) is 37.5 Å². The first-order valence-corrected chi connectivity index (χ1v) is 11.7. The first-order chi connectivity index (χ1) is 9.24. The Hall–Kier alpha value is 0.707. The van der Waals surface area contributed by atoms with Crippen LogP contribution < -0.4 is 21.2 Å². The maximum absolute atomic E-state index is 5.32. The molecule has 0 heterocycles. The van der Waals surface area contributed by atoms with E-state index in [9.17, 15) is 0 Å². The highest BCUT2D eigenvalue weighted by molar-refractivity contribution is 6.59. The van der Waals surface area contributed by atoms with E-state index in [2.05, 4.69) is 6.92 Å². The summed E-state index contributed by atoms with van der Waals surface area (Å²) in [4.78, 5) is 15.0. The van der Waals surface area contributed by atoms with E-state index in [4.69, 9.17) is 28.4 Å². The van der Waals surface area contributed by atoms with Crippen molar-refractivity contribution < 1.29 is 49.6 Å². The molecular formula is C11H26IO6Si+. The third kappa shape index (κ3) is 10.1. The van der Waals surface area contributed by atoms with E-state index in [1.165, 1.54) is 8.86 Å². The first-order valence-electron chi connectivity index (χ1n) is 6.69. The SMILES string of the molecule is CCOO[Si](CCC[I+]CC)(OOCC)OOCC. The molecule has 0 aliphatic rings. The summed E-state index contributed by atoms with van der Waals surface area (Å²) in [6, 6.07) is 0.632.